The van der Waals surface area contributed by atoms with E-state index in [2.05, 4.69) is 20.8 Å². The van der Waals surface area contributed by atoms with Crippen molar-refractivity contribution in [1.82, 2.24) is 10.2 Å². The Bertz CT molecular complexity index is 1080. The fourth-order valence-electron chi connectivity index (χ4n) is 2.66. The minimum atomic E-state index is -0.425. The van der Waals surface area contributed by atoms with Gasteiger partial charge in [-0.25, -0.2) is 0 Å². The average molecular weight is 427 g/mol. The summed E-state index contributed by atoms with van der Waals surface area (Å²) in [6.45, 7) is 5.84. The number of hydrogen-bond acceptors (Lipinski definition) is 8. The first-order chi connectivity index (χ1) is 14.3. The van der Waals surface area contributed by atoms with Crippen LogP contribution in [0.4, 0.5) is 17.1 Å². The van der Waals surface area contributed by atoms with Crippen LogP contribution < -0.4 is 10.6 Å². The van der Waals surface area contributed by atoms with E-state index in [1.807, 2.05) is 32.0 Å². The molecule has 156 valence electrons. The third kappa shape index (κ3) is 5.35. The van der Waals surface area contributed by atoms with Crippen LogP contribution in [0.5, 0.6) is 0 Å². The third-order valence-corrected chi connectivity index (χ3v) is 5.32. The largest absolute Gasteiger partial charge is 0.414 e. The maximum Gasteiger partial charge on any atom is 0.277 e. The summed E-state index contributed by atoms with van der Waals surface area (Å²) in [4.78, 5) is 22.8. The Hall–Kier alpha value is -3.40. The molecule has 30 heavy (non-hydrogen) atoms. The van der Waals surface area contributed by atoms with E-state index >= 15 is 0 Å². The van der Waals surface area contributed by atoms with Gasteiger partial charge in [-0.2, -0.15) is 0 Å². The molecule has 2 N–H and O–H groups in total. The molecule has 0 spiro atoms. The van der Waals surface area contributed by atoms with Gasteiger partial charge in [0.05, 0.1) is 17.2 Å². The zero-order valence-corrected chi connectivity index (χ0v) is 17.6. The van der Waals surface area contributed by atoms with Gasteiger partial charge in [-0.1, -0.05) is 30.0 Å². The van der Waals surface area contributed by atoms with Gasteiger partial charge in [0.25, 0.3) is 10.9 Å². The number of thioether (sulfide) groups is 1. The van der Waals surface area contributed by atoms with Crippen LogP contribution >= 0.6 is 11.8 Å². The lowest BCUT2D eigenvalue weighted by atomic mass is 10.1. The number of anilines is 2. The van der Waals surface area contributed by atoms with Crippen LogP contribution in [0.25, 0.3) is 0 Å². The lowest BCUT2D eigenvalue weighted by Crippen LogP contribution is -2.15. The number of carbonyl (C=O) groups excluding carboxylic acids is 1. The molecule has 0 atom stereocenters. The van der Waals surface area contributed by atoms with Crippen LogP contribution in [0.2, 0.25) is 0 Å². The zero-order chi connectivity index (χ0) is 21.7. The van der Waals surface area contributed by atoms with E-state index in [1.54, 1.807) is 19.1 Å². The summed E-state index contributed by atoms with van der Waals surface area (Å²) in [7, 11) is 0. The number of nitro groups is 1. The molecule has 0 saturated carbocycles. The number of benzene rings is 2. The highest BCUT2D eigenvalue weighted by Crippen LogP contribution is 2.23. The molecule has 9 nitrogen and oxygen atoms in total. The molecule has 1 heterocycles. The second kappa shape index (κ2) is 9.40. The van der Waals surface area contributed by atoms with Crippen molar-refractivity contribution < 1.29 is 14.1 Å². The predicted octanol–water partition coefficient (Wildman–Crippen LogP) is 4.25. The highest BCUT2D eigenvalue weighted by Gasteiger charge is 2.13. The van der Waals surface area contributed by atoms with Gasteiger partial charge in [0, 0.05) is 23.0 Å². The summed E-state index contributed by atoms with van der Waals surface area (Å²) in [5.41, 5.74) is 4.11. The Morgan fingerprint density at radius 2 is 1.97 bits per heavy atom. The van der Waals surface area contributed by atoms with Gasteiger partial charge in [0.15, 0.2) is 0 Å². The number of nitrogens with one attached hydrogen (secondary N) is 2. The van der Waals surface area contributed by atoms with Gasteiger partial charge >= 0.3 is 0 Å². The molecule has 0 aliphatic rings. The fraction of sp³-hybridized carbons (Fsp3) is 0.250. The quantitative estimate of drug-likeness (QED) is 0.311. The van der Waals surface area contributed by atoms with Gasteiger partial charge in [0.2, 0.25) is 11.8 Å². The van der Waals surface area contributed by atoms with Crippen molar-refractivity contribution in [2.24, 2.45) is 0 Å². The molecule has 10 heteroatoms. The number of hydrogen-bond donors (Lipinski definition) is 2. The summed E-state index contributed by atoms with van der Waals surface area (Å²) >= 11 is 1.14. The van der Waals surface area contributed by atoms with Crippen LogP contribution in [0.3, 0.4) is 0 Å². The Kier molecular flexibility index (Phi) is 6.68. The molecule has 3 aromatic rings. The average Bonchev–Trinajstić information content (AvgIpc) is 3.17. The van der Waals surface area contributed by atoms with Crippen molar-refractivity contribution >= 4 is 34.7 Å². The smallest absolute Gasteiger partial charge is 0.277 e. The van der Waals surface area contributed by atoms with Crippen molar-refractivity contribution in [1.29, 1.82) is 0 Å². The second-order valence-electron chi connectivity index (χ2n) is 6.66. The van der Waals surface area contributed by atoms with Crippen LogP contribution in [0, 0.1) is 30.9 Å². The van der Waals surface area contributed by atoms with Gasteiger partial charge in [0.1, 0.15) is 0 Å². The number of rotatable bonds is 8. The Morgan fingerprint density at radius 3 is 2.73 bits per heavy atom. The highest BCUT2D eigenvalue weighted by molar-refractivity contribution is 7.99. The van der Waals surface area contributed by atoms with Crippen LogP contribution in [0.15, 0.2) is 46.0 Å². The molecule has 1 aromatic heterocycles. The van der Waals surface area contributed by atoms with Crippen molar-refractivity contribution in [3.05, 3.63) is 69.1 Å². The van der Waals surface area contributed by atoms with E-state index in [9.17, 15) is 14.9 Å². The van der Waals surface area contributed by atoms with Gasteiger partial charge < -0.3 is 15.1 Å². The van der Waals surface area contributed by atoms with E-state index in [0.29, 0.717) is 17.1 Å². The number of nitro benzene ring substituents is 1. The monoisotopic (exact) mass is 427 g/mol. The summed E-state index contributed by atoms with van der Waals surface area (Å²) < 4.78 is 5.51. The van der Waals surface area contributed by atoms with Crippen molar-refractivity contribution in [2.45, 2.75) is 32.5 Å². The van der Waals surface area contributed by atoms with Crippen molar-refractivity contribution in [3.63, 3.8) is 0 Å². The lowest BCUT2D eigenvalue weighted by molar-refractivity contribution is -0.385. The molecule has 2 aromatic carbocycles. The molecular formula is C20H21N5O4S. The number of carbonyl (C=O) groups is 1. The molecular weight excluding hydrogens is 406 g/mol. The van der Waals surface area contributed by atoms with E-state index < -0.39 is 4.92 Å². The minimum Gasteiger partial charge on any atom is -0.414 e. The normalized spacial score (nSPS) is 10.6. The minimum absolute atomic E-state index is 0.0385. The number of nitrogens with zero attached hydrogens (tertiary/aromatic N) is 3. The summed E-state index contributed by atoms with van der Waals surface area (Å²) in [6.07, 6.45) is 0. The zero-order valence-electron chi connectivity index (χ0n) is 16.8. The molecule has 0 aliphatic heterocycles. The maximum atomic E-state index is 12.2. The number of aromatic nitrogens is 2. The van der Waals surface area contributed by atoms with Crippen LogP contribution in [-0.2, 0) is 11.3 Å². The first-order valence-corrected chi connectivity index (χ1v) is 10.1. The standard InChI is InChI=1S/C20H21N5O4S/c1-12-5-4-6-16(14(12)3)22-18(26)11-30-20-24-23-19(29-20)10-21-15-8-7-13(2)17(9-15)25(27)28/h4-9,21H,10-11H2,1-3H3,(H,22,26). The molecule has 1 amide bonds. The maximum absolute atomic E-state index is 12.2. The van der Waals surface area contributed by atoms with E-state index in [0.717, 1.165) is 28.6 Å². The van der Waals surface area contributed by atoms with E-state index in [1.165, 1.54) is 6.07 Å². The Balaban J connectivity index is 1.51. The first kappa shape index (κ1) is 21.3. The summed E-state index contributed by atoms with van der Waals surface area (Å²) in [5.74, 6) is 0.279. The molecule has 0 unspecified atom stereocenters. The molecule has 0 bridgehead atoms. The third-order valence-electron chi connectivity index (χ3n) is 4.50. The highest BCUT2D eigenvalue weighted by atomic mass is 32.2. The van der Waals surface area contributed by atoms with E-state index in [4.69, 9.17) is 4.42 Å². The van der Waals surface area contributed by atoms with Crippen molar-refractivity contribution in [2.75, 3.05) is 16.4 Å². The van der Waals surface area contributed by atoms with Gasteiger partial charge in [-0.3, -0.25) is 14.9 Å². The topological polar surface area (TPSA) is 123 Å². The Labute approximate surface area is 177 Å². The molecule has 0 fully saturated rings. The second-order valence-corrected chi connectivity index (χ2v) is 7.58. The van der Waals surface area contributed by atoms with Crippen LogP contribution in [-0.4, -0.2) is 26.8 Å². The molecule has 0 radical (unpaired) electrons. The summed E-state index contributed by atoms with van der Waals surface area (Å²) in [5, 5.41) is 25.0. The lowest BCUT2D eigenvalue weighted by Gasteiger charge is -2.09. The molecule has 0 saturated heterocycles. The SMILES string of the molecule is Cc1ccc(NCc2nnc(SCC(=O)Nc3cccc(C)c3C)o2)cc1[N+](=O)[O-]. The van der Waals surface area contributed by atoms with Gasteiger partial charge in [-0.05, 0) is 44.0 Å². The Morgan fingerprint density at radius 1 is 1.17 bits per heavy atom. The molecule has 0 aliphatic carbocycles. The van der Waals surface area contributed by atoms with E-state index in [-0.39, 0.29) is 29.1 Å². The van der Waals surface area contributed by atoms with Crippen LogP contribution in [0.1, 0.15) is 22.6 Å². The van der Waals surface area contributed by atoms with Gasteiger partial charge in [-0.15, -0.1) is 10.2 Å². The predicted molar refractivity (Wildman–Crippen MR) is 115 cm³/mol. The number of aryl methyl sites for hydroxylation is 2. The molecule has 3 rings (SSSR count). The first-order valence-electron chi connectivity index (χ1n) is 9.13. The fourth-order valence-corrected chi connectivity index (χ4v) is 3.24. The number of amides is 1. The summed E-state index contributed by atoms with van der Waals surface area (Å²) in [6, 6.07) is 10.6. The van der Waals surface area contributed by atoms with Crippen molar-refractivity contribution in [3.8, 4) is 0 Å².